The fraction of sp³-hybridized carbons (Fsp3) is 0.415. The summed E-state index contributed by atoms with van der Waals surface area (Å²) in [6.07, 6.45) is 16.1. The van der Waals surface area contributed by atoms with Gasteiger partial charge in [-0.3, -0.25) is 19.8 Å². The first kappa shape index (κ1) is 48.2. The van der Waals surface area contributed by atoms with E-state index in [1.807, 2.05) is 26.7 Å². The number of piperidine rings is 2. The molecule has 7 heterocycles. The molecular formula is C53H58F2N10O7S. The number of nitro groups is 1. The van der Waals surface area contributed by atoms with Gasteiger partial charge in [-0.25, -0.2) is 31.9 Å². The van der Waals surface area contributed by atoms with Crippen molar-refractivity contribution >= 4 is 55.1 Å². The zero-order chi connectivity index (χ0) is 50.6. The summed E-state index contributed by atoms with van der Waals surface area (Å²) in [5.74, 6) is -1.48. The van der Waals surface area contributed by atoms with Crippen molar-refractivity contribution in [1.82, 2.24) is 34.5 Å². The second-order valence-electron chi connectivity index (χ2n) is 20.6. The van der Waals surface area contributed by atoms with Crippen LogP contribution < -0.4 is 19.7 Å². The molecular weight excluding hydrogens is 959 g/mol. The highest BCUT2D eigenvalue weighted by atomic mass is 32.2. The Balaban J connectivity index is 0.820. The zero-order valence-electron chi connectivity index (χ0n) is 40.7. The number of halogens is 2. The summed E-state index contributed by atoms with van der Waals surface area (Å²) in [7, 11) is -4.96. The number of benzene rings is 3. The lowest BCUT2D eigenvalue weighted by Crippen LogP contribution is -2.55. The Kier molecular flexibility index (Phi) is 12.6. The number of nitro benzene ring substituents is 1. The molecule has 3 aromatic carbocycles. The van der Waals surface area contributed by atoms with Gasteiger partial charge in [0.2, 0.25) is 0 Å². The molecule has 17 nitrogen and oxygen atoms in total. The first-order chi connectivity index (χ1) is 35.2. The van der Waals surface area contributed by atoms with E-state index in [-0.39, 0.29) is 58.7 Å². The summed E-state index contributed by atoms with van der Waals surface area (Å²) in [6, 6.07) is 16.4. The lowest BCUT2D eigenvalue weighted by Gasteiger charge is -2.56. The van der Waals surface area contributed by atoms with Gasteiger partial charge in [0.05, 0.1) is 40.5 Å². The number of hydrogen-bond donors (Lipinski definition) is 4. The van der Waals surface area contributed by atoms with Gasteiger partial charge in [-0.15, -0.1) is 0 Å². The third-order valence-corrected chi connectivity index (χ3v) is 17.2. The van der Waals surface area contributed by atoms with Crippen LogP contribution in [0.1, 0.15) is 98.7 Å². The van der Waals surface area contributed by atoms with E-state index in [0.29, 0.717) is 61.8 Å². The van der Waals surface area contributed by atoms with Crippen molar-refractivity contribution in [1.29, 1.82) is 0 Å². The average molecular weight is 1020 g/mol. The number of sulfonamides is 1. The van der Waals surface area contributed by atoms with Gasteiger partial charge in [0.15, 0.2) is 0 Å². The topological polar surface area (TPSA) is 204 Å². The van der Waals surface area contributed by atoms with Crippen LogP contribution in [0.3, 0.4) is 0 Å². The quantitative estimate of drug-likeness (QED) is 0.0594. The Morgan fingerprint density at radius 3 is 2.55 bits per heavy atom. The Hall–Kier alpha value is -7.06. The van der Waals surface area contributed by atoms with E-state index < -0.39 is 48.5 Å². The number of aromatic amines is 2. The Labute approximate surface area is 421 Å². The molecule has 3 aromatic heterocycles. The summed E-state index contributed by atoms with van der Waals surface area (Å²) in [5, 5.41) is 16.2. The van der Waals surface area contributed by atoms with Crippen molar-refractivity contribution in [2.24, 2.45) is 5.41 Å². The van der Waals surface area contributed by atoms with Crippen molar-refractivity contribution in [2.45, 2.75) is 93.8 Å². The third-order valence-electron chi connectivity index (χ3n) is 15.8. The van der Waals surface area contributed by atoms with Gasteiger partial charge < -0.3 is 34.6 Å². The van der Waals surface area contributed by atoms with Crippen LogP contribution in [0.2, 0.25) is 0 Å². The fourth-order valence-electron chi connectivity index (χ4n) is 11.9. The smallest absolute Gasteiger partial charge is 0.296 e. The Bertz CT molecular complexity index is 3280. The monoisotopic (exact) mass is 1020 g/mol. The summed E-state index contributed by atoms with van der Waals surface area (Å²) in [4.78, 5) is 46.5. The number of pyridine rings is 1. The molecule has 11 rings (SSSR count). The number of nitrogens with zero attached hydrogens (tertiary/aromatic N) is 6. The first-order valence-corrected chi connectivity index (χ1v) is 26.6. The molecule has 1 saturated carbocycles. The number of hydrogen-bond acceptors (Lipinski definition) is 13. The maximum atomic E-state index is 16.6. The van der Waals surface area contributed by atoms with Gasteiger partial charge in [-0.05, 0) is 97.9 Å². The van der Waals surface area contributed by atoms with Gasteiger partial charge in [-0.2, -0.15) is 0 Å². The summed E-state index contributed by atoms with van der Waals surface area (Å²) < 4.78 is 74.9. The number of fused-ring (bicyclic) bond motifs is 2. The number of amides is 1. The number of H-pyrrole nitrogens is 2. The molecule has 0 bridgehead atoms. The van der Waals surface area contributed by atoms with Gasteiger partial charge in [0.25, 0.3) is 21.6 Å². The Morgan fingerprint density at radius 2 is 1.79 bits per heavy atom. The number of carbonyl (C=O) groups is 1. The van der Waals surface area contributed by atoms with Crippen LogP contribution in [0.5, 0.6) is 11.5 Å². The highest BCUT2D eigenvalue weighted by Gasteiger charge is 2.50. The number of likely N-dealkylation sites (tertiary alicyclic amines) is 2. The molecule has 1 spiro atoms. The highest BCUT2D eigenvalue weighted by molar-refractivity contribution is 7.90. The second-order valence-corrected chi connectivity index (χ2v) is 22.2. The van der Waals surface area contributed by atoms with E-state index in [0.717, 1.165) is 62.8 Å². The van der Waals surface area contributed by atoms with Gasteiger partial charge in [0.1, 0.15) is 51.3 Å². The molecule has 73 heavy (non-hydrogen) atoms. The van der Waals surface area contributed by atoms with E-state index in [1.54, 1.807) is 24.6 Å². The molecule has 3 saturated heterocycles. The fourth-order valence-corrected chi connectivity index (χ4v) is 13.0. The molecule has 5 aliphatic rings. The number of ether oxygens (including phenoxy) is 2. The molecule has 6 aromatic rings. The molecule has 1 aliphatic carbocycles. The largest absolute Gasteiger partial charge is 0.497 e. The summed E-state index contributed by atoms with van der Waals surface area (Å²) in [5.41, 5.74) is 1.36. The zero-order valence-corrected chi connectivity index (χ0v) is 41.5. The van der Waals surface area contributed by atoms with E-state index in [9.17, 15) is 23.3 Å². The van der Waals surface area contributed by atoms with Gasteiger partial charge >= 0.3 is 0 Å². The van der Waals surface area contributed by atoms with Crippen molar-refractivity contribution < 1.29 is 36.4 Å². The molecule has 1 amide bonds. The number of aromatic nitrogens is 4. The minimum atomic E-state index is -4.96. The molecule has 1 atom stereocenters. The minimum absolute atomic E-state index is 0.0824. The van der Waals surface area contributed by atoms with Crippen molar-refractivity contribution in [3.05, 3.63) is 130 Å². The van der Waals surface area contributed by atoms with E-state index >= 15 is 8.78 Å². The molecule has 4 aliphatic heterocycles. The minimum Gasteiger partial charge on any atom is -0.497 e. The van der Waals surface area contributed by atoms with Gasteiger partial charge in [-0.1, -0.05) is 38.1 Å². The maximum Gasteiger partial charge on any atom is 0.296 e. The number of allylic oxidation sites excluding steroid dienone is 1. The van der Waals surface area contributed by atoms with Crippen LogP contribution in [-0.2, 0) is 14.8 Å². The van der Waals surface area contributed by atoms with E-state index in [2.05, 4.69) is 68.3 Å². The summed E-state index contributed by atoms with van der Waals surface area (Å²) in [6.45, 7) is 7.65. The number of anilines is 2. The van der Waals surface area contributed by atoms with Crippen molar-refractivity contribution in [3.63, 3.8) is 0 Å². The normalized spacial score (nSPS) is 20.1. The standard InChI is InChI=1S/C53H58F2N10O7S/c1-33(2)38-6-3-4-7-39(38)42-8-5-17-64(42)36-28-52(29-36)12-18-63(19-13-52)43-26-45(72-37-24-34-9-16-56-50(34)57-30-37)40(25-41(43)54)51(66)61-73(69,70)46-27-44(65(67)68)47(49-48(46)59-32-60-49)58-31-53(55)14-20-62(21-15-53)35-10-22-71-23-11-35/h3-4,6-7,9-11,16,22,24-27,30,32-33,36,42,58H,5,8,12-15,17-21,23,28-29,31H2,1-2H3,(H,56,57)(H,59,60)(H,61,66)/t42-/m0/s1. The third kappa shape index (κ3) is 9.34. The highest BCUT2D eigenvalue weighted by Crippen LogP contribution is 2.54. The van der Waals surface area contributed by atoms with E-state index in [1.165, 1.54) is 29.8 Å². The molecule has 20 heteroatoms. The van der Waals surface area contributed by atoms with Crippen LogP contribution in [0, 0.1) is 21.3 Å². The summed E-state index contributed by atoms with van der Waals surface area (Å²) >= 11 is 0. The number of carbonyl (C=O) groups excluding carboxylic acids is 1. The van der Waals surface area contributed by atoms with Crippen LogP contribution in [-0.4, -0.2) is 107 Å². The SMILES string of the molecule is CC(C)c1ccccc1[C@@H]1CCCN1C1CC2(CCN(c3cc(Oc4cnc5[nH]ccc5c4)c(C(=O)NS(=O)(=O)c4cc([N+](=O)[O-])c(NCC5(F)CCN(C6=CCOC=C6)CC5)c5[nH]cnc45)cc3F)CC2)C1. The molecule has 0 unspecified atom stereocenters. The number of alkyl halides is 1. The maximum absolute atomic E-state index is 16.6. The van der Waals surface area contributed by atoms with Crippen LogP contribution in [0.4, 0.5) is 25.8 Å². The van der Waals surface area contributed by atoms with Crippen molar-refractivity contribution in [2.75, 3.05) is 56.1 Å². The number of imidazole rings is 1. The van der Waals surface area contributed by atoms with Crippen LogP contribution in [0.25, 0.3) is 22.1 Å². The lowest BCUT2D eigenvalue weighted by atomic mass is 9.59. The van der Waals surface area contributed by atoms with Crippen molar-refractivity contribution in [3.8, 4) is 11.5 Å². The molecule has 4 fully saturated rings. The predicted octanol–water partition coefficient (Wildman–Crippen LogP) is 9.75. The lowest BCUT2D eigenvalue weighted by molar-refractivity contribution is -0.384. The van der Waals surface area contributed by atoms with Crippen LogP contribution in [0.15, 0.2) is 102 Å². The number of rotatable bonds is 14. The molecule has 0 radical (unpaired) electrons. The van der Waals surface area contributed by atoms with E-state index in [4.69, 9.17) is 9.47 Å². The predicted molar refractivity (Wildman–Crippen MR) is 272 cm³/mol. The average Bonchev–Trinajstić information content (AvgIpc) is 4.18. The first-order valence-electron chi connectivity index (χ1n) is 25.1. The van der Waals surface area contributed by atoms with Crippen LogP contribution >= 0.6 is 0 Å². The second kappa shape index (κ2) is 19.1. The molecule has 382 valence electrons. The Morgan fingerprint density at radius 1 is 1.01 bits per heavy atom. The number of nitrogens with one attached hydrogen (secondary N) is 4. The van der Waals surface area contributed by atoms with Gasteiger partial charge in [0, 0.05) is 87.1 Å². The molecule has 4 N–H and O–H groups in total.